The number of aryl methyl sites for hydroxylation is 1. The number of ether oxygens (including phenoxy) is 3. The molecule has 5 heteroatoms. The molecule has 0 spiro atoms. The van der Waals surface area contributed by atoms with Gasteiger partial charge in [-0.15, -0.1) is 0 Å². The first-order valence-electron chi connectivity index (χ1n) is 11.2. The van der Waals surface area contributed by atoms with Crippen LogP contribution in [0.15, 0.2) is 89.3 Å². The number of benzene rings is 3. The molecule has 0 aliphatic heterocycles. The summed E-state index contributed by atoms with van der Waals surface area (Å²) in [5.74, 6) is 3.02. The summed E-state index contributed by atoms with van der Waals surface area (Å²) in [7, 11) is 0. The maximum absolute atomic E-state index is 5.96. The van der Waals surface area contributed by atoms with Gasteiger partial charge in [-0.1, -0.05) is 48.5 Å². The van der Waals surface area contributed by atoms with Gasteiger partial charge in [0, 0.05) is 18.6 Å². The lowest BCUT2D eigenvalue weighted by Gasteiger charge is -2.18. The van der Waals surface area contributed by atoms with Crippen molar-refractivity contribution in [3.8, 4) is 23.0 Å². The van der Waals surface area contributed by atoms with Gasteiger partial charge in [0.05, 0.1) is 6.10 Å². The first kappa shape index (κ1) is 22.6. The van der Waals surface area contributed by atoms with Crippen molar-refractivity contribution >= 4 is 0 Å². The molecule has 1 atom stereocenters. The van der Waals surface area contributed by atoms with E-state index >= 15 is 0 Å². The van der Waals surface area contributed by atoms with E-state index in [9.17, 15) is 0 Å². The molecule has 0 aliphatic carbocycles. The Kier molecular flexibility index (Phi) is 7.77. The highest BCUT2D eigenvalue weighted by molar-refractivity contribution is 5.53. The first-order chi connectivity index (χ1) is 16.2. The van der Waals surface area contributed by atoms with E-state index in [-0.39, 0.29) is 6.10 Å². The SMILES string of the molecule is CCO[C@H](COc1ccccc1)Cc1ccc(OCc2nc(-c3ccccc3)oc2C)cc1. The minimum atomic E-state index is -0.0174. The number of rotatable bonds is 11. The van der Waals surface area contributed by atoms with E-state index < -0.39 is 0 Å². The van der Waals surface area contributed by atoms with Crippen molar-refractivity contribution in [2.75, 3.05) is 13.2 Å². The molecule has 0 fully saturated rings. The molecule has 0 N–H and O–H groups in total. The predicted molar refractivity (Wildman–Crippen MR) is 129 cm³/mol. The van der Waals surface area contributed by atoms with Crippen molar-refractivity contribution in [3.05, 3.63) is 102 Å². The smallest absolute Gasteiger partial charge is 0.226 e. The average molecular weight is 444 g/mol. The van der Waals surface area contributed by atoms with Crippen LogP contribution in [-0.2, 0) is 17.8 Å². The molecule has 0 saturated heterocycles. The standard InChI is InChI=1S/C28H29NO4/c1-3-30-26(19-31-24-12-8-5-9-13-24)18-22-14-16-25(17-15-22)32-20-27-21(2)33-28(29-27)23-10-6-4-7-11-23/h4-17,26H,3,18-20H2,1-2H3/t26-/m0/s1. The lowest BCUT2D eigenvalue weighted by atomic mass is 10.1. The summed E-state index contributed by atoms with van der Waals surface area (Å²) in [6.45, 7) is 5.42. The van der Waals surface area contributed by atoms with Crippen molar-refractivity contribution in [1.29, 1.82) is 0 Å². The lowest BCUT2D eigenvalue weighted by Crippen LogP contribution is -2.24. The molecule has 1 heterocycles. The zero-order chi connectivity index (χ0) is 22.9. The van der Waals surface area contributed by atoms with Crippen LogP contribution in [0.2, 0.25) is 0 Å². The molecule has 5 nitrogen and oxygen atoms in total. The predicted octanol–water partition coefficient (Wildman–Crippen LogP) is 6.26. The number of para-hydroxylation sites is 1. The van der Waals surface area contributed by atoms with Crippen LogP contribution in [0.5, 0.6) is 11.5 Å². The topological polar surface area (TPSA) is 53.7 Å². The van der Waals surface area contributed by atoms with Crippen molar-refractivity contribution in [2.24, 2.45) is 0 Å². The summed E-state index contributed by atoms with van der Waals surface area (Å²) in [5.41, 5.74) is 2.92. The minimum Gasteiger partial charge on any atom is -0.491 e. The Morgan fingerprint density at radius 3 is 2.18 bits per heavy atom. The van der Waals surface area contributed by atoms with E-state index in [0.717, 1.165) is 34.9 Å². The molecule has 0 saturated carbocycles. The van der Waals surface area contributed by atoms with Gasteiger partial charge < -0.3 is 18.6 Å². The highest BCUT2D eigenvalue weighted by Crippen LogP contribution is 2.23. The van der Waals surface area contributed by atoms with Gasteiger partial charge in [0.15, 0.2) is 0 Å². The Labute approximate surface area is 195 Å². The van der Waals surface area contributed by atoms with Gasteiger partial charge in [-0.3, -0.25) is 0 Å². The van der Waals surface area contributed by atoms with E-state index in [0.29, 0.717) is 25.7 Å². The molecule has 170 valence electrons. The number of aromatic nitrogens is 1. The van der Waals surface area contributed by atoms with Gasteiger partial charge in [0.2, 0.25) is 5.89 Å². The third-order valence-electron chi connectivity index (χ3n) is 5.26. The lowest BCUT2D eigenvalue weighted by molar-refractivity contribution is 0.0282. The second-order valence-corrected chi connectivity index (χ2v) is 7.73. The third-order valence-corrected chi connectivity index (χ3v) is 5.26. The van der Waals surface area contributed by atoms with Gasteiger partial charge >= 0.3 is 0 Å². The average Bonchev–Trinajstić information content (AvgIpc) is 3.24. The summed E-state index contributed by atoms with van der Waals surface area (Å²) in [4.78, 5) is 4.60. The van der Waals surface area contributed by atoms with Gasteiger partial charge in [-0.05, 0) is 55.8 Å². The molecule has 0 radical (unpaired) electrons. The normalized spacial score (nSPS) is 11.8. The quantitative estimate of drug-likeness (QED) is 0.274. The van der Waals surface area contributed by atoms with Crippen LogP contribution in [0.1, 0.15) is 23.9 Å². The van der Waals surface area contributed by atoms with Gasteiger partial charge in [-0.25, -0.2) is 4.98 Å². The van der Waals surface area contributed by atoms with Crippen LogP contribution in [-0.4, -0.2) is 24.3 Å². The summed E-state index contributed by atoms with van der Waals surface area (Å²) >= 11 is 0. The van der Waals surface area contributed by atoms with Crippen LogP contribution < -0.4 is 9.47 Å². The summed E-state index contributed by atoms with van der Waals surface area (Å²) in [6.07, 6.45) is 0.750. The van der Waals surface area contributed by atoms with E-state index in [1.165, 1.54) is 5.56 Å². The van der Waals surface area contributed by atoms with Crippen LogP contribution >= 0.6 is 0 Å². The van der Waals surface area contributed by atoms with Crippen molar-refractivity contribution < 1.29 is 18.6 Å². The van der Waals surface area contributed by atoms with Gasteiger partial charge in [0.1, 0.15) is 36.2 Å². The Morgan fingerprint density at radius 2 is 1.48 bits per heavy atom. The Hall–Kier alpha value is -3.57. The molecular weight excluding hydrogens is 414 g/mol. The Balaban J connectivity index is 1.32. The number of nitrogens with zero attached hydrogens (tertiary/aromatic N) is 1. The van der Waals surface area contributed by atoms with Crippen LogP contribution in [0.25, 0.3) is 11.5 Å². The zero-order valence-electron chi connectivity index (χ0n) is 19.1. The molecule has 1 aromatic heterocycles. The highest BCUT2D eigenvalue weighted by Gasteiger charge is 2.13. The van der Waals surface area contributed by atoms with Crippen molar-refractivity contribution in [3.63, 3.8) is 0 Å². The van der Waals surface area contributed by atoms with Crippen LogP contribution in [0, 0.1) is 6.92 Å². The number of oxazole rings is 1. The molecule has 33 heavy (non-hydrogen) atoms. The molecule has 4 aromatic rings. The fraction of sp³-hybridized carbons (Fsp3) is 0.250. The van der Waals surface area contributed by atoms with Crippen molar-refractivity contribution in [2.45, 2.75) is 33.0 Å². The van der Waals surface area contributed by atoms with E-state index in [1.54, 1.807) is 0 Å². The second-order valence-electron chi connectivity index (χ2n) is 7.73. The van der Waals surface area contributed by atoms with E-state index in [1.807, 2.05) is 86.6 Å². The minimum absolute atomic E-state index is 0.0174. The van der Waals surface area contributed by atoms with E-state index in [2.05, 4.69) is 17.1 Å². The van der Waals surface area contributed by atoms with Crippen LogP contribution in [0.3, 0.4) is 0 Å². The Bertz CT molecular complexity index is 1110. The largest absolute Gasteiger partial charge is 0.491 e. The maximum Gasteiger partial charge on any atom is 0.226 e. The first-order valence-corrected chi connectivity index (χ1v) is 11.2. The molecule has 3 aromatic carbocycles. The fourth-order valence-electron chi connectivity index (χ4n) is 3.51. The molecule has 0 aliphatic rings. The second kappa shape index (κ2) is 11.3. The summed E-state index contributed by atoms with van der Waals surface area (Å²) in [6, 6.07) is 27.8. The molecule has 0 amide bonds. The molecular formula is C28H29NO4. The monoisotopic (exact) mass is 443 g/mol. The molecule has 4 rings (SSSR count). The maximum atomic E-state index is 5.96. The molecule has 0 bridgehead atoms. The summed E-state index contributed by atoms with van der Waals surface area (Å²) < 4.78 is 23.5. The molecule has 0 unspecified atom stereocenters. The van der Waals surface area contributed by atoms with Crippen molar-refractivity contribution in [1.82, 2.24) is 4.98 Å². The van der Waals surface area contributed by atoms with Gasteiger partial charge in [-0.2, -0.15) is 0 Å². The highest BCUT2D eigenvalue weighted by atomic mass is 16.5. The van der Waals surface area contributed by atoms with Gasteiger partial charge in [0.25, 0.3) is 0 Å². The Morgan fingerprint density at radius 1 is 0.818 bits per heavy atom. The van der Waals surface area contributed by atoms with Crippen LogP contribution in [0.4, 0.5) is 0 Å². The summed E-state index contributed by atoms with van der Waals surface area (Å²) in [5, 5.41) is 0. The number of hydrogen-bond acceptors (Lipinski definition) is 5. The van der Waals surface area contributed by atoms with E-state index in [4.69, 9.17) is 18.6 Å². The fourth-order valence-corrected chi connectivity index (χ4v) is 3.51. The number of hydrogen-bond donors (Lipinski definition) is 0. The zero-order valence-corrected chi connectivity index (χ0v) is 19.1. The third kappa shape index (κ3) is 6.46.